The molecule has 2 N–H and O–H groups in total. The smallest absolute Gasteiger partial charge is 0.260 e. The highest BCUT2D eigenvalue weighted by molar-refractivity contribution is 6.07. The van der Waals surface area contributed by atoms with E-state index in [1.807, 2.05) is 84.9 Å². The minimum Gasteiger partial charge on any atom is -0.496 e. The lowest BCUT2D eigenvalue weighted by atomic mass is 10.1. The van der Waals surface area contributed by atoms with Gasteiger partial charge in [0, 0.05) is 23.4 Å². The van der Waals surface area contributed by atoms with E-state index in [0.29, 0.717) is 17.1 Å². The minimum atomic E-state index is -0.297. The molecule has 0 aliphatic heterocycles. The number of methoxy groups -OCH3 is 1. The molecule has 5 rings (SSSR count). The van der Waals surface area contributed by atoms with Crippen LogP contribution >= 0.6 is 0 Å². The second-order valence-corrected chi connectivity index (χ2v) is 7.36. The Bertz CT molecular complexity index is 1390. The third-order valence-electron chi connectivity index (χ3n) is 5.24. The Morgan fingerprint density at radius 2 is 1.64 bits per heavy atom. The van der Waals surface area contributed by atoms with E-state index in [0.717, 1.165) is 28.3 Å². The molecule has 0 unspecified atom stereocenters. The Labute approximate surface area is 190 Å². The molecule has 5 aromatic rings. The fraction of sp³-hybridized carbons (Fsp3) is 0.0385. The number of carbonyl (C=O) groups is 1. The molecule has 0 atom stereocenters. The number of carbonyl (C=O) groups excluding carboxylic acids is 1. The quantitative estimate of drug-likeness (QED) is 0.384. The van der Waals surface area contributed by atoms with Crippen LogP contribution in [-0.2, 0) is 0 Å². The number of aromatic amines is 1. The van der Waals surface area contributed by atoms with Crippen molar-refractivity contribution in [2.75, 3.05) is 12.4 Å². The van der Waals surface area contributed by atoms with Crippen LogP contribution in [0.4, 0.5) is 5.82 Å². The van der Waals surface area contributed by atoms with Crippen LogP contribution in [0.25, 0.3) is 28.2 Å². The lowest BCUT2D eigenvalue weighted by Crippen LogP contribution is -2.12. The zero-order chi connectivity index (χ0) is 22.6. The zero-order valence-corrected chi connectivity index (χ0v) is 17.9. The highest BCUT2D eigenvalue weighted by atomic mass is 16.5. The molecule has 0 fully saturated rings. The molecule has 0 bridgehead atoms. The number of rotatable bonds is 6. The van der Waals surface area contributed by atoms with E-state index < -0.39 is 0 Å². The van der Waals surface area contributed by atoms with Crippen molar-refractivity contribution in [3.63, 3.8) is 0 Å². The summed E-state index contributed by atoms with van der Waals surface area (Å²) in [6, 6.07) is 28.7. The van der Waals surface area contributed by atoms with Gasteiger partial charge in [-0.15, -0.1) is 0 Å². The maximum atomic E-state index is 13.3. The molecule has 0 saturated carbocycles. The first-order valence-electron chi connectivity index (χ1n) is 10.4. The van der Waals surface area contributed by atoms with E-state index in [1.165, 1.54) is 0 Å². The zero-order valence-electron chi connectivity index (χ0n) is 17.9. The van der Waals surface area contributed by atoms with Crippen molar-refractivity contribution in [1.29, 1.82) is 0 Å². The predicted octanol–water partition coefficient (Wildman–Crippen LogP) is 5.19. The average molecular weight is 435 g/mol. The monoisotopic (exact) mass is 435 g/mol. The van der Waals surface area contributed by atoms with Gasteiger partial charge in [-0.05, 0) is 24.3 Å². The Morgan fingerprint density at radius 3 is 2.39 bits per heavy atom. The lowest BCUT2D eigenvalue weighted by Gasteiger charge is -2.05. The summed E-state index contributed by atoms with van der Waals surface area (Å²) in [7, 11) is 1.62. The van der Waals surface area contributed by atoms with Gasteiger partial charge in [-0.25, -0.2) is 4.68 Å². The molecule has 3 aromatic carbocycles. The number of H-pyrrole nitrogens is 1. The normalized spacial score (nSPS) is 10.7. The van der Waals surface area contributed by atoms with E-state index in [9.17, 15) is 4.79 Å². The number of hydrogen-bond donors (Lipinski definition) is 2. The number of nitrogens with zero attached hydrogens (tertiary/aromatic N) is 3. The van der Waals surface area contributed by atoms with Gasteiger partial charge >= 0.3 is 0 Å². The Hall–Kier alpha value is -4.65. The molecule has 0 aliphatic carbocycles. The van der Waals surface area contributed by atoms with Gasteiger partial charge < -0.3 is 10.1 Å². The van der Waals surface area contributed by atoms with Gasteiger partial charge in [-0.3, -0.25) is 9.89 Å². The summed E-state index contributed by atoms with van der Waals surface area (Å²) in [6.45, 7) is 0. The van der Waals surface area contributed by atoms with Gasteiger partial charge in [0.2, 0.25) is 0 Å². The summed E-state index contributed by atoms with van der Waals surface area (Å²) >= 11 is 0. The summed E-state index contributed by atoms with van der Waals surface area (Å²) in [5.74, 6) is 0.830. The second kappa shape index (κ2) is 8.84. The van der Waals surface area contributed by atoms with Crippen molar-refractivity contribution < 1.29 is 9.53 Å². The van der Waals surface area contributed by atoms with Crippen LogP contribution < -0.4 is 10.1 Å². The summed E-state index contributed by atoms with van der Waals surface area (Å²) in [5.41, 5.74) is 4.37. The third kappa shape index (κ3) is 4.12. The standard InChI is InChI=1S/C26H21N5O2/c1-33-23-15-9-8-14-20(23)22-16-24(29-28-22)27-26(32)21-17-31(19-12-6-3-7-13-19)30-25(21)18-10-4-2-5-11-18/h2-17H,1H3,(H2,27,28,29,32). The van der Waals surface area contributed by atoms with E-state index in [-0.39, 0.29) is 5.91 Å². The van der Waals surface area contributed by atoms with Gasteiger partial charge in [0.15, 0.2) is 5.82 Å². The SMILES string of the molecule is COc1ccccc1-c1cc(NC(=O)c2cn(-c3ccccc3)nc2-c2ccccc2)n[nH]1. The fourth-order valence-corrected chi connectivity index (χ4v) is 3.64. The summed E-state index contributed by atoms with van der Waals surface area (Å²) < 4.78 is 7.13. The number of benzene rings is 3. The number of aromatic nitrogens is 4. The van der Waals surface area contributed by atoms with Crippen molar-refractivity contribution in [1.82, 2.24) is 20.0 Å². The van der Waals surface area contributed by atoms with Crippen molar-refractivity contribution in [2.24, 2.45) is 0 Å². The predicted molar refractivity (Wildman–Crippen MR) is 128 cm³/mol. The van der Waals surface area contributed by atoms with Crippen LogP contribution in [0.5, 0.6) is 5.75 Å². The lowest BCUT2D eigenvalue weighted by molar-refractivity contribution is 0.102. The molecular weight excluding hydrogens is 414 g/mol. The first-order valence-corrected chi connectivity index (χ1v) is 10.4. The van der Waals surface area contributed by atoms with Crippen molar-refractivity contribution in [3.8, 4) is 34.0 Å². The number of para-hydroxylation sites is 2. The molecule has 0 spiro atoms. The molecule has 0 aliphatic rings. The molecular formula is C26H21N5O2. The topological polar surface area (TPSA) is 84.8 Å². The first-order chi connectivity index (χ1) is 16.2. The Morgan fingerprint density at radius 1 is 0.939 bits per heavy atom. The number of nitrogens with one attached hydrogen (secondary N) is 2. The molecule has 1 amide bonds. The van der Waals surface area contributed by atoms with E-state index in [4.69, 9.17) is 9.84 Å². The first kappa shape index (κ1) is 20.3. The molecule has 7 heteroatoms. The minimum absolute atomic E-state index is 0.297. The van der Waals surface area contributed by atoms with Gasteiger partial charge in [-0.1, -0.05) is 60.7 Å². The summed E-state index contributed by atoms with van der Waals surface area (Å²) in [5, 5.41) is 14.8. The molecule has 2 aromatic heterocycles. The van der Waals surface area contributed by atoms with Crippen LogP contribution in [0.1, 0.15) is 10.4 Å². The van der Waals surface area contributed by atoms with Gasteiger partial charge in [0.25, 0.3) is 5.91 Å². The number of hydrogen-bond acceptors (Lipinski definition) is 4. The van der Waals surface area contributed by atoms with Crippen LogP contribution in [0.2, 0.25) is 0 Å². The van der Waals surface area contributed by atoms with E-state index in [1.54, 1.807) is 24.1 Å². The van der Waals surface area contributed by atoms with Crippen molar-refractivity contribution >= 4 is 11.7 Å². The second-order valence-electron chi connectivity index (χ2n) is 7.36. The molecule has 33 heavy (non-hydrogen) atoms. The van der Waals surface area contributed by atoms with Gasteiger partial charge in [0.1, 0.15) is 11.4 Å². The summed E-state index contributed by atoms with van der Waals surface area (Å²) in [6.07, 6.45) is 1.74. The summed E-state index contributed by atoms with van der Waals surface area (Å²) in [4.78, 5) is 13.3. The number of amides is 1. The molecule has 162 valence electrons. The molecule has 2 heterocycles. The van der Waals surface area contributed by atoms with Crippen LogP contribution in [0.3, 0.4) is 0 Å². The maximum absolute atomic E-state index is 13.3. The van der Waals surface area contributed by atoms with E-state index >= 15 is 0 Å². The average Bonchev–Trinajstić information content (AvgIpc) is 3.53. The third-order valence-corrected chi connectivity index (χ3v) is 5.24. The molecule has 0 radical (unpaired) electrons. The fourth-order valence-electron chi connectivity index (χ4n) is 3.64. The molecule has 7 nitrogen and oxygen atoms in total. The van der Waals surface area contributed by atoms with Crippen LogP contribution in [0, 0.1) is 0 Å². The largest absolute Gasteiger partial charge is 0.496 e. The maximum Gasteiger partial charge on any atom is 0.260 e. The van der Waals surface area contributed by atoms with E-state index in [2.05, 4.69) is 15.5 Å². The molecule has 0 saturated heterocycles. The Kier molecular flexibility index (Phi) is 5.43. The van der Waals surface area contributed by atoms with Crippen molar-refractivity contribution in [2.45, 2.75) is 0 Å². The van der Waals surface area contributed by atoms with Crippen LogP contribution in [-0.4, -0.2) is 33.0 Å². The van der Waals surface area contributed by atoms with Crippen LogP contribution in [0.15, 0.2) is 97.2 Å². The van der Waals surface area contributed by atoms with Gasteiger partial charge in [0.05, 0.1) is 24.1 Å². The van der Waals surface area contributed by atoms with Crippen molar-refractivity contribution in [3.05, 3.63) is 103 Å². The highest BCUT2D eigenvalue weighted by Gasteiger charge is 2.20. The number of ether oxygens (including phenoxy) is 1. The highest BCUT2D eigenvalue weighted by Crippen LogP contribution is 2.30. The Balaban J connectivity index is 1.48. The number of anilines is 1. The van der Waals surface area contributed by atoms with Gasteiger partial charge in [-0.2, -0.15) is 10.2 Å².